The van der Waals surface area contributed by atoms with Gasteiger partial charge in [-0.05, 0) is 48.7 Å². The Labute approximate surface area is 139 Å². The summed E-state index contributed by atoms with van der Waals surface area (Å²) in [5.41, 5.74) is 2.01. The number of hydrogen-bond donors (Lipinski definition) is 1. The van der Waals surface area contributed by atoms with Crippen LogP contribution >= 0.6 is 11.6 Å². The molecule has 120 valence electrons. The molecule has 0 fully saturated rings. The second kappa shape index (κ2) is 6.87. The lowest BCUT2D eigenvalue weighted by atomic mass is 10.0. The molecule has 0 saturated heterocycles. The average Bonchev–Trinajstić information content (AvgIpc) is 3.08. The highest BCUT2D eigenvalue weighted by Gasteiger charge is 2.22. The van der Waals surface area contributed by atoms with E-state index in [9.17, 15) is 9.59 Å². The number of rotatable bonds is 4. The summed E-state index contributed by atoms with van der Waals surface area (Å²) >= 11 is 6.01. The van der Waals surface area contributed by atoms with E-state index in [1.165, 1.54) is 6.26 Å². The average molecular weight is 333 g/mol. The van der Waals surface area contributed by atoms with Crippen molar-refractivity contribution in [1.29, 1.82) is 0 Å². The summed E-state index contributed by atoms with van der Waals surface area (Å²) in [5.74, 6) is -0.0722. The summed E-state index contributed by atoms with van der Waals surface area (Å²) in [4.78, 5) is 26.0. The minimum Gasteiger partial charge on any atom is -0.459 e. The van der Waals surface area contributed by atoms with E-state index in [0.717, 1.165) is 24.1 Å². The van der Waals surface area contributed by atoms with Gasteiger partial charge in [0.05, 0.1) is 6.26 Å². The van der Waals surface area contributed by atoms with Gasteiger partial charge in [0.2, 0.25) is 5.91 Å². The number of fused-ring (bicyclic) bond motifs is 1. The van der Waals surface area contributed by atoms with Crippen LogP contribution in [0, 0.1) is 0 Å². The lowest BCUT2D eigenvalue weighted by Crippen LogP contribution is -2.37. The van der Waals surface area contributed by atoms with Crippen LogP contribution in [0.3, 0.4) is 0 Å². The van der Waals surface area contributed by atoms with Gasteiger partial charge in [0.1, 0.15) is 0 Å². The predicted molar refractivity (Wildman–Crippen MR) is 87.8 cm³/mol. The van der Waals surface area contributed by atoms with Gasteiger partial charge in [-0.15, -0.1) is 0 Å². The summed E-state index contributed by atoms with van der Waals surface area (Å²) in [6.45, 7) is 0.970. The Morgan fingerprint density at radius 3 is 2.96 bits per heavy atom. The highest BCUT2D eigenvalue weighted by molar-refractivity contribution is 6.30. The summed E-state index contributed by atoms with van der Waals surface area (Å²) in [7, 11) is 0. The third kappa shape index (κ3) is 3.56. The van der Waals surface area contributed by atoms with Crippen LogP contribution in [0.1, 0.15) is 29.0 Å². The van der Waals surface area contributed by atoms with E-state index in [1.807, 2.05) is 12.1 Å². The number of aryl methyl sites for hydroxylation is 1. The molecule has 1 aliphatic rings. The molecule has 1 aromatic carbocycles. The molecular weight excluding hydrogens is 316 g/mol. The predicted octanol–water partition coefficient (Wildman–Crippen LogP) is 3.03. The summed E-state index contributed by atoms with van der Waals surface area (Å²) in [6, 6.07) is 8.83. The van der Waals surface area contributed by atoms with Gasteiger partial charge in [0.15, 0.2) is 5.76 Å². The smallest absolute Gasteiger partial charge is 0.286 e. The molecule has 3 rings (SSSR count). The maximum atomic E-state index is 12.4. The Bertz CT molecular complexity index is 713. The third-order valence-electron chi connectivity index (χ3n) is 3.83. The van der Waals surface area contributed by atoms with Crippen molar-refractivity contribution >= 4 is 29.1 Å². The highest BCUT2D eigenvalue weighted by atomic mass is 35.5. The highest BCUT2D eigenvalue weighted by Crippen LogP contribution is 2.29. The van der Waals surface area contributed by atoms with Crippen LogP contribution in [0.15, 0.2) is 41.0 Å². The monoisotopic (exact) mass is 332 g/mol. The standard InChI is InChI=1S/C17H17ClN2O3/c18-13-5-6-14-12(11-13)3-1-9-20(14)16(21)7-8-19-17(22)15-4-2-10-23-15/h2,4-6,10-11H,1,3,7-9H2,(H,19,22). The third-order valence-corrected chi connectivity index (χ3v) is 4.07. The first-order valence-electron chi connectivity index (χ1n) is 7.55. The maximum absolute atomic E-state index is 12.4. The van der Waals surface area contributed by atoms with Crippen LogP contribution in [0.25, 0.3) is 0 Å². The Morgan fingerprint density at radius 1 is 1.30 bits per heavy atom. The molecule has 0 atom stereocenters. The fourth-order valence-corrected chi connectivity index (χ4v) is 2.93. The van der Waals surface area contributed by atoms with Gasteiger partial charge in [-0.1, -0.05) is 11.6 Å². The SMILES string of the molecule is O=C(NCCC(=O)N1CCCc2cc(Cl)ccc21)c1ccco1. The van der Waals surface area contributed by atoms with Crippen LogP contribution in [0.2, 0.25) is 5.02 Å². The minimum absolute atomic E-state index is 0.00647. The van der Waals surface area contributed by atoms with Crippen molar-refractivity contribution in [1.82, 2.24) is 5.32 Å². The van der Waals surface area contributed by atoms with E-state index in [2.05, 4.69) is 5.32 Å². The maximum Gasteiger partial charge on any atom is 0.286 e. The van der Waals surface area contributed by atoms with Gasteiger partial charge in [-0.25, -0.2) is 0 Å². The first kappa shape index (κ1) is 15.6. The lowest BCUT2D eigenvalue weighted by Gasteiger charge is -2.29. The molecule has 0 bridgehead atoms. The van der Waals surface area contributed by atoms with E-state index in [-0.39, 0.29) is 30.5 Å². The van der Waals surface area contributed by atoms with E-state index in [4.69, 9.17) is 16.0 Å². The van der Waals surface area contributed by atoms with E-state index < -0.39 is 0 Å². The van der Waals surface area contributed by atoms with Crippen molar-refractivity contribution in [2.75, 3.05) is 18.0 Å². The largest absolute Gasteiger partial charge is 0.459 e. The second-order valence-corrected chi connectivity index (χ2v) is 5.84. The number of nitrogens with one attached hydrogen (secondary N) is 1. The first-order valence-corrected chi connectivity index (χ1v) is 7.93. The number of anilines is 1. The molecule has 0 radical (unpaired) electrons. The van der Waals surface area contributed by atoms with Crippen LogP contribution in [-0.2, 0) is 11.2 Å². The van der Waals surface area contributed by atoms with Gasteiger partial charge >= 0.3 is 0 Å². The van der Waals surface area contributed by atoms with Gasteiger partial charge < -0.3 is 14.6 Å². The zero-order chi connectivity index (χ0) is 16.2. The lowest BCUT2D eigenvalue weighted by molar-refractivity contribution is -0.118. The number of amides is 2. The van der Waals surface area contributed by atoms with Crippen LogP contribution < -0.4 is 10.2 Å². The number of halogens is 1. The van der Waals surface area contributed by atoms with E-state index in [0.29, 0.717) is 11.6 Å². The van der Waals surface area contributed by atoms with Crippen LogP contribution in [0.4, 0.5) is 5.69 Å². The summed E-state index contributed by atoms with van der Waals surface area (Å²) < 4.78 is 5.01. The Morgan fingerprint density at radius 2 is 2.17 bits per heavy atom. The zero-order valence-corrected chi connectivity index (χ0v) is 13.3. The van der Waals surface area contributed by atoms with Gasteiger partial charge in [-0.3, -0.25) is 9.59 Å². The molecule has 0 saturated carbocycles. The quantitative estimate of drug-likeness (QED) is 0.936. The normalized spacial score (nSPS) is 13.5. The number of hydrogen-bond acceptors (Lipinski definition) is 3. The molecule has 23 heavy (non-hydrogen) atoms. The van der Waals surface area contributed by atoms with Crippen LogP contribution in [0.5, 0.6) is 0 Å². The molecule has 0 unspecified atom stereocenters. The van der Waals surface area contributed by atoms with Gasteiger partial charge in [0, 0.05) is 30.2 Å². The number of benzene rings is 1. The van der Waals surface area contributed by atoms with Crippen molar-refractivity contribution in [3.63, 3.8) is 0 Å². The number of carbonyl (C=O) groups is 2. The van der Waals surface area contributed by atoms with Crippen molar-refractivity contribution in [3.05, 3.63) is 52.9 Å². The van der Waals surface area contributed by atoms with Gasteiger partial charge in [-0.2, -0.15) is 0 Å². The number of furan rings is 1. The molecular formula is C17H17ClN2O3. The Kier molecular flexibility index (Phi) is 4.67. The minimum atomic E-state index is -0.311. The molecule has 2 heterocycles. The fraction of sp³-hybridized carbons (Fsp3) is 0.294. The summed E-state index contributed by atoms with van der Waals surface area (Å²) in [6.07, 6.45) is 3.52. The van der Waals surface area contributed by atoms with E-state index in [1.54, 1.807) is 23.1 Å². The van der Waals surface area contributed by atoms with E-state index >= 15 is 0 Å². The van der Waals surface area contributed by atoms with Crippen LogP contribution in [-0.4, -0.2) is 24.9 Å². The fourth-order valence-electron chi connectivity index (χ4n) is 2.74. The molecule has 2 amide bonds. The van der Waals surface area contributed by atoms with Crippen molar-refractivity contribution in [2.45, 2.75) is 19.3 Å². The van der Waals surface area contributed by atoms with Crippen molar-refractivity contribution < 1.29 is 14.0 Å². The molecule has 0 spiro atoms. The first-order chi connectivity index (χ1) is 11.1. The number of nitrogens with zero attached hydrogens (tertiary/aromatic N) is 1. The molecule has 6 heteroatoms. The van der Waals surface area contributed by atoms with Gasteiger partial charge in [0.25, 0.3) is 5.91 Å². The van der Waals surface area contributed by atoms with Crippen molar-refractivity contribution in [2.24, 2.45) is 0 Å². The van der Waals surface area contributed by atoms with Crippen molar-refractivity contribution in [3.8, 4) is 0 Å². The topological polar surface area (TPSA) is 62.6 Å². The Hall–Kier alpha value is -2.27. The number of carbonyl (C=O) groups excluding carboxylic acids is 2. The second-order valence-electron chi connectivity index (χ2n) is 5.41. The zero-order valence-electron chi connectivity index (χ0n) is 12.5. The molecule has 2 aromatic rings. The Balaban J connectivity index is 1.58. The molecule has 1 aliphatic heterocycles. The molecule has 1 aromatic heterocycles. The summed E-state index contributed by atoms with van der Waals surface area (Å²) in [5, 5.41) is 3.37. The molecule has 1 N–H and O–H groups in total. The molecule has 0 aliphatic carbocycles. The molecule has 5 nitrogen and oxygen atoms in total.